The molecule has 0 aliphatic rings. The van der Waals surface area contributed by atoms with Gasteiger partial charge >= 0.3 is 5.97 Å². The van der Waals surface area contributed by atoms with Crippen molar-refractivity contribution >= 4 is 28.1 Å². The average molecular weight is 306 g/mol. The first kappa shape index (κ1) is 15.5. The van der Waals surface area contributed by atoms with Crippen molar-refractivity contribution in [3.05, 3.63) is 41.4 Å². The number of anilines is 2. The number of hydrogen-bond donors (Lipinski definition) is 0. The van der Waals surface area contributed by atoms with Crippen LogP contribution in [0.5, 0.6) is 0 Å². The van der Waals surface area contributed by atoms with Crippen LogP contribution in [-0.4, -0.2) is 38.3 Å². The Morgan fingerprint density at radius 2 is 2.05 bits per heavy atom. The van der Waals surface area contributed by atoms with Crippen LogP contribution in [0.2, 0.25) is 0 Å². The fraction of sp³-hybridized carbons (Fsp3) is 0.333. The lowest BCUT2D eigenvalue weighted by atomic mass is 10.3. The molecule has 0 fully saturated rings. The zero-order chi connectivity index (χ0) is 15.1. The summed E-state index contributed by atoms with van der Waals surface area (Å²) in [6.45, 7) is 0.917. The Kier molecular flexibility index (Phi) is 5.71. The molecule has 2 aromatic rings. The van der Waals surface area contributed by atoms with Crippen molar-refractivity contribution in [3.8, 4) is 0 Å². The van der Waals surface area contributed by atoms with Crippen LogP contribution in [0.25, 0.3) is 0 Å². The second-order valence-electron chi connectivity index (χ2n) is 4.39. The molecule has 0 unspecified atom stereocenters. The molecule has 0 N–H and O–H groups in total. The van der Waals surface area contributed by atoms with Gasteiger partial charge in [0.2, 0.25) is 0 Å². The number of benzene rings is 1. The Labute approximate surface area is 128 Å². The third-order valence-electron chi connectivity index (χ3n) is 2.86. The monoisotopic (exact) mass is 306 g/mol. The highest BCUT2D eigenvalue weighted by Crippen LogP contribution is 2.26. The van der Waals surface area contributed by atoms with Crippen LogP contribution in [0.1, 0.15) is 16.9 Å². The molecular weight excluding hydrogens is 288 g/mol. The molecule has 1 aromatic heterocycles. The van der Waals surface area contributed by atoms with Gasteiger partial charge in [-0.15, -0.1) is 11.3 Å². The molecule has 5 nitrogen and oxygen atoms in total. The van der Waals surface area contributed by atoms with Crippen LogP contribution < -0.4 is 4.90 Å². The van der Waals surface area contributed by atoms with Crippen LogP contribution >= 0.6 is 11.3 Å². The molecule has 0 saturated carbocycles. The van der Waals surface area contributed by atoms with Crippen molar-refractivity contribution in [2.75, 3.05) is 32.3 Å². The van der Waals surface area contributed by atoms with Gasteiger partial charge in [0.15, 0.2) is 10.8 Å². The average Bonchev–Trinajstić information content (AvgIpc) is 3.01. The fourth-order valence-electron chi connectivity index (χ4n) is 1.72. The molecule has 0 spiro atoms. The van der Waals surface area contributed by atoms with E-state index in [2.05, 4.69) is 4.98 Å². The molecule has 0 amide bonds. The third-order valence-corrected chi connectivity index (χ3v) is 3.77. The number of esters is 1. The van der Waals surface area contributed by atoms with Crippen molar-refractivity contribution in [3.63, 3.8) is 0 Å². The topological polar surface area (TPSA) is 51.7 Å². The molecule has 21 heavy (non-hydrogen) atoms. The highest BCUT2D eigenvalue weighted by atomic mass is 32.1. The lowest BCUT2D eigenvalue weighted by Gasteiger charge is -2.15. The summed E-state index contributed by atoms with van der Waals surface area (Å²) in [5, 5.41) is 2.47. The van der Waals surface area contributed by atoms with Gasteiger partial charge in [-0.25, -0.2) is 9.78 Å². The Bertz CT molecular complexity index is 571. The van der Waals surface area contributed by atoms with Gasteiger partial charge in [0.05, 0.1) is 6.61 Å². The first-order chi connectivity index (χ1) is 10.2. The van der Waals surface area contributed by atoms with Gasteiger partial charge in [0.1, 0.15) is 0 Å². The summed E-state index contributed by atoms with van der Waals surface area (Å²) >= 11 is 1.41. The number of para-hydroxylation sites is 1. The highest BCUT2D eigenvalue weighted by molar-refractivity contribution is 7.14. The predicted octanol–water partition coefficient (Wildman–Crippen LogP) is 3.10. The normalized spacial score (nSPS) is 10.4. The second kappa shape index (κ2) is 7.75. The lowest BCUT2D eigenvalue weighted by molar-refractivity contribution is 0.0462. The highest BCUT2D eigenvalue weighted by Gasteiger charge is 2.14. The maximum absolute atomic E-state index is 11.8. The Morgan fingerprint density at radius 1 is 1.29 bits per heavy atom. The van der Waals surface area contributed by atoms with Gasteiger partial charge < -0.3 is 14.4 Å². The van der Waals surface area contributed by atoms with Crippen molar-refractivity contribution < 1.29 is 14.3 Å². The number of ether oxygens (including phenoxy) is 2. The minimum atomic E-state index is -0.393. The van der Waals surface area contributed by atoms with Gasteiger partial charge in [-0.2, -0.15) is 0 Å². The molecule has 0 saturated heterocycles. The first-order valence-corrected chi connectivity index (χ1v) is 7.50. The van der Waals surface area contributed by atoms with E-state index in [1.165, 1.54) is 11.3 Å². The Balaban J connectivity index is 1.96. The number of carbonyl (C=O) groups is 1. The van der Waals surface area contributed by atoms with Crippen molar-refractivity contribution in [1.29, 1.82) is 0 Å². The van der Waals surface area contributed by atoms with Gasteiger partial charge in [-0.1, -0.05) is 18.2 Å². The number of nitrogens with zero attached hydrogens (tertiary/aromatic N) is 2. The summed E-state index contributed by atoms with van der Waals surface area (Å²) in [7, 11) is 3.54. The molecule has 0 bridgehead atoms. The van der Waals surface area contributed by atoms with Gasteiger partial charge in [0, 0.05) is 38.3 Å². The lowest BCUT2D eigenvalue weighted by Crippen LogP contribution is -2.11. The van der Waals surface area contributed by atoms with E-state index < -0.39 is 5.97 Å². The molecule has 0 radical (unpaired) electrons. The minimum absolute atomic E-state index is 0.341. The number of aromatic nitrogens is 1. The maximum Gasteiger partial charge on any atom is 0.357 e. The maximum atomic E-state index is 11.8. The molecule has 2 rings (SSSR count). The molecular formula is C15H18N2O3S. The second-order valence-corrected chi connectivity index (χ2v) is 5.23. The van der Waals surface area contributed by atoms with E-state index in [0.717, 1.165) is 10.8 Å². The minimum Gasteiger partial charge on any atom is -0.461 e. The number of thiazole rings is 1. The molecule has 0 atom stereocenters. The number of hydrogen-bond acceptors (Lipinski definition) is 6. The van der Waals surface area contributed by atoms with Crippen molar-refractivity contribution in [2.45, 2.75) is 6.42 Å². The number of rotatable bonds is 7. The molecule has 112 valence electrons. The molecule has 1 aromatic carbocycles. The van der Waals surface area contributed by atoms with Crippen LogP contribution in [-0.2, 0) is 9.47 Å². The Hall–Kier alpha value is -1.92. The fourth-order valence-corrected chi connectivity index (χ4v) is 2.50. The zero-order valence-corrected chi connectivity index (χ0v) is 12.9. The molecule has 6 heteroatoms. The summed E-state index contributed by atoms with van der Waals surface area (Å²) in [4.78, 5) is 18.1. The number of methoxy groups -OCH3 is 1. The summed E-state index contributed by atoms with van der Waals surface area (Å²) < 4.78 is 10.0. The molecule has 0 aliphatic heterocycles. The van der Waals surface area contributed by atoms with E-state index in [-0.39, 0.29) is 0 Å². The van der Waals surface area contributed by atoms with Gasteiger partial charge in [0.25, 0.3) is 0 Å². The predicted molar refractivity (Wildman–Crippen MR) is 83.4 cm³/mol. The summed E-state index contributed by atoms with van der Waals surface area (Å²) in [5.41, 5.74) is 1.36. The quantitative estimate of drug-likeness (QED) is 0.581. The van der Waals surface area contributed by atoms with Crippen LogP contribution in [0.15, 0.2) is 35.7 Å². The smallest absolute Gasteiger partial charge is 0.357 e. The molecule has 1 heterocycles. The van der Waals surface area contributed by atoms with E-state index in [1.54, 1.807) is 12.5 Å². The van der Waals surface area contributed by atoms with E-state index in [9.17, 15) is 4.79 Å². The summed E-state index contributed by atoms with van der Waals surface area (Å²) in [6, 6.07) is 9.87. The zero-order valence-electron chi connectivity index (χ0n) is 12.1. The van der Waals surface area contributed by atoms with Crippen molar-refractivity contribution in [1.82, 2.24) is 4.98 Å². The van der Waals surface area contributed by atoms with E-state index in [1.807, 2.05) is 42.3 Å². The van der Waals surface area contributed by atoms with Gasteiger partial charge in [-0.3, -0.25) is 0 Å². The third kappa shape index (κ3) is 4.27. The summed E-state index contributed by atoms with van der Waals surface area (Å²) in [5.74, 6) is -0.393. The first-order valence-electron chi connectivity index (χ1n) is 6.62. The van der Waals surface area contributed by atoms with Gasteiger partial charge in [-0.05, 0) is 12.1 Å². The summed E-state index contributed by atoms with van der Waals surface area (Å²) in [6.07, 6.45) is 0.684. The number of carbonyl (C=O) groups excluding carboxylic acids is 1. The van der Waals surface area contributed by atoms with E-state index in [0.29, 0.717) is 25.3 Å². The largest absolute Gasteiger partial charge is 0.461 e. The van der Waals surface area contributed by atoms with Crippen LogP contribution in [0, 0.1) is 0 Å². The van der Waals surface area contributed by atoms with Crippen LogP contribution in [0.3, 0.4) is 0 Å². The standard InChI is InChI=1S/C15H18N2O3S/c1-17(12-7-4-3-5-8-12)15-16-13(11-21-15)14(18)20-10-6-9-19-2/h3-5,7-8,11H,6,9-10H2,1-2H3. The Morgan fingerprint density at radius 3 is 2.76 bits per heavy atom. The van der Waals surface area contributed by atoms with Crippen LogP contribution in [0.4, 0.5) is 10.8 Å². The van der Waals surface area contributed by atoms with Crippen molar-refractivity contribution in [2.24, 2.45) is 0 Å². The van der Waals surface area contributed by atoms with E-state index in [4.69, 9.17) is 9.47 Å². The SMILES string of the molecule is COCCCOC(=O)c1csc(N(C)c2ccccc2)n1. The molecule has 0 aliphatic carbocycles. The van der Waals surface area contributed by atoms with E-state index >= 15 is 0 Å².